The van der Waals surface area contributed by atoms with Crippen LogP contribution in [-0.2, 0) is 26.2 Å². The van der Waals surface area contributed by atoms with E-state index in [1.807, 2.05) is 6.92 Å². The molecule has 7 nitrogen and oxygen atoms in total. The van der Waals surface area contributed by atoms with Gasteiger partial charge in [0.25, 0.3) is 10.0 Å². The molecular formula is C26H26FN3O4S. The highest BCUT2D eigenvalue weighted by Crippen LogP contribution is 2.38. The second-order valence-corrected chi connectivity index (χ2v) is 10.4. The molecule has 0 saturated carbocycles. The molecule has 0 radical (unpaired) electrons. The number of nitrogens with zero attached hydrogens (tertiary/aromatic N) is 1. The fraction of sp³-hybridized carbons (Fsp3) is 0.231. The van der Waals surface area contributed by atoms with Crippen LogP contribution in [0.3, 0.4) is 0 Å². The van der Waals surface area contributed by atoms with Crippen molar-refractivity contribution >= 4 is 33.2 Å². The van der Waals surface area contributed by atoms with Crippen molar-refractivity contribution in [3.05, 3.63) is 88.7 Å². The SMILES string of the molecule is Cc1cc(C)c(S(=O)(=O)N2c3ccccc3NC(=O)C2CC(=O)NCc2ccccc2F)c(C)c1. The minimum absolute atomic E-state index is 0.0840. The number of carbonyl (C=O) groups is 2. The van der Waals surface area contributed by atoms with Crippen molar-refractivity contribution in [1.82, 2.24) is 5.32 Å². The van der Waals surface area contributed by atoms with Crippen LogP contribution in [0.2, 0.25) is 0 Å². The number of amides is 2. The van der Waals surface area contributed by atoms with Gasteiger partial charge in [0.15, 0.2) is 0 Å². The molecule has 1 atom stereocenters. The van der Waals surface area contributed by atoms with Gasteiger partial charge in [0.05, 0.1) is 22.7 Å². The topological polar surface area (TPSA) is 95.6 Å². The van der Waals surface area contributed by atoms with Gasteiger partial charge in [0, 0.05) is 12.1 Å². The van der Waals surface area contributed by atoms with Gasteiger partial charge in [0.1, 0.15) is 11.9 Å². The molecule has 1 heterocycles. The first-order chi connectivity index (χ1) is 16.6. The van der Waals surface area contributed by atoms with Crippen LogP contribution in [0.4, 0.5) is 15.8 Å². The number of anilines is 2. The smallest absolute Gasteiger partial charge is 0.265 e. The predicted octanol–water partition coefficient (Wildman–Crippen LogP) is 3.97. The summed E-state index contributed by atoms with van der Waals surface area (Å²) in [6.07, 6.45) is -0.433. The van der Waals surface area contributed by atoms with E-state index in [1.165, 1.54) is 6.07 Å². The van der Waals surface area contributed by atoms with Gasteiger partial charge in [0.2, 0.25) is 11.8 Å². The molecule has 9 heteroatoms. The van der Waals surface area contributed by atoms with E-state index in [0.717, 1.165) is 9.87 Å². The first-order valence-electron chi connectivity index (χ1n) is 11.1. The van der Waals surface area contributed by atoms with Crippen molar-refractivity contribution in [3.8, 4) is 0 Å². The molecule has 2 N–H and O–H groups in total. The Morgan fingerprint density at radius 1 is 1.03 bits per heavy atom. The van der Waals surface area contributed by atoms with E-state index >= 15 is 0 Å². The number of fused-ring (bicyclic) bond motifs is 1. The average molecular weight is 496 g/mol. The lowest BCUT2D eigenvalue weighted by atomic mass is 10.1. The quantitative estimate of drug-likeness (QED) is 0.541. The molecule has 1 aliphatic heterocycles. The highest BCUT2D eigenvalue weighted by molar-refractivity contribution is 7.93. The number of halogens is 1. The van der Waals surface area contributed by atoms with E-state index < -0.39 is 40.1 Å². The van der Waals surface area contributed by atoms with E-state index in [2.05, 4.69) is 10.6 Å². The largest absolute Gasteiger partial charge is 0.352 e. The monoisotopic (exact) mass is 495 g/mol. The number of nitrogens with one attached hydrogen (secondary N) is 2. The number of benzene rings is 3. The second kappa shape index (κ2) is 9.50. The molecule has 4 rings (SSSR count). The molecule has 0 aromatic heterocycles. The predicted molar refractivity (Wildman–Crippen MR) is 132 cm³/mol. The molecule has 1 aliphatic rings. The zero-order chi connectivity index (χ0) is 25.3. The lowest BCUT2D eigenvalue weighted by molar-refractivity contribution is -0.125. The summed E-state index contributed by atoms with van der Waals surface area (Å²) in [4.78, 5) is 26.0. The van der Waals surface area contributed by atoms with E-state index in [-0.39, 0.29) is 22.7 Å². The first kappa shape index (κ1) is 24.4. The molecule has 35 heavy (non-hydrogen) atoms. The molecule has 182 valence electrons. The van der Waals surface area contributed by atoms with E-state index in [9.17, 15) is 22.4 Å². The molecule has 0 saturated heterocycles. The Balaban J connectivity index is 1.71. The standard InChI is InChI=1S/C26H26FN3O4S/c1-16-12-17(2)25(18(3)13-16)35(33,34)30-22-11-7-6-10-21(22)29-26(32)23(30)14-24(31)28-15-19-8-4-5-9-20(19)27/h4-13,23H,14-15H2,1-3H3,(H,28,31)(H,29,32). The van der Waals surface area contributed by atoms with Crippen LogP contribution in [0.25, 0.3) is 0 Å². The zero-order valence-corrected chi connectivity index (χ0v) is 20.4. The third-order valence-electron chi connectivity index (χ3n) is 5.92. The number of carbonyl (C=O) groups excluding carboxylic acids is 2. The fourth-order valence-electron chi connectivity index (χ4n) is 4.49. The van der Waals surface area contributed by atoms with Crippen LogP contribution in [0.1, 0.15) is 28.7 Å². The average Bonchev–Trinajstić information content (AvgIpc) is 2.78. The summed E-state index contributed by atoms with van der Waals surface area (Å²) in [5.74, 6) is -1.66. The third-order valence-corrected chi connectivity index (χ3v) is 8.05. The van der Waals surface area contributed by atoms with Crippen LogP contribution < -0.4 is 14.9 Å². The van der Waals surface area contributed by atoms with Crippen molar-refractivity contribution in [2.24, 2.45) is 0 Å². The van der Waals surface area contributed by atoms with Gasteiger partial charge < -0.3 is 10.6 Å². The summed E-state index contributed by atoms with van der Waals surface area (Å²) in [6.45, 7) is 5.21. The highest BCUT2D eigenvalue weighted by Gasteiger charge is 2.42. The molecule has 0 spiro atoms. The molecule has 1 unspecified atom stereocenters. The number of aryl methyl sites for hydroxylation is 3. The minimum Gasteiger partial charge on any atom is -0.352 e. The van der Waals surface area contributed by atoms with Gasteiger partial charge in [-0.3, -0.25) is 13.9 Å². The van der Waals surface area contributed by atoms with Crippen molar-refractivity contribution in [1.29, 1.82) is 0 Å². The van der Waals surface area contributed by atoms with Gasteiger partial charge >= 0.3 is 0 Å². The van der Waals surface area contributed by atoms with E-state index in [4.69, 9.17) is 0 Å². The molecule has 0 bridgehead atoms. The Morgan fingerprint density at radius 3 is 2.34 bits per heavy atom. The second-order valence-electron chi connectivity index (χ2n) is 8.62. The number of para-hydroxylation sites is 2. The van der Waals surface area contributed by atoms with Crippen molar-refractivity contribution < 1.29 is 22.4 Å². The van der Waals surface area contributed by atoms with E-state index in [0.29, 0.717) is 16.8 Å². The Morgan fingerprint density at radius 2 is 1.66 bits per heavy atom. The number of hydrogen-bond donors (Lipinski definition) is 2. The maximum atomic E-state index is 14.0. The summed E-state index contributed by atoms with van der Waals surface area (Å²) in [5, 5.41) is 5.30. The summed E-state index contributed by atoms with van der Waals surface area (Å²) in [7, 11) is -4.22. The van der Waals surface area contributed by atoms with E-state index in [1.54, 1.807) is 68.4 Å². The van der Waals surface area contributed by atoms with Gasteiger partial charge in [-0.1, -0.05) is 48.0 Å². The lowest BCUT2D eigenvalue weighted by Crippen LogP contribution is -2.53. The van der Waals surface area contributed by atoms with Gasteiger partial charge in [-0.25, -0.2) is 12.8 Å². The van der Waals surface area contributed by atoms with Crippen LogP contribution in [0.15, 0.2) is 65.6 Å². The zero-order valence-electron chi connectivity index (χ0n) is 19.6. The Labute approximate surface area is 204 Å². The molecule has 3 aromatic rings. The number of rotatable bonds is 6. The van der Waals surface area contributed by atoms with Crippen molar-refractivity contribution in [3.63, 3.8) is 0 Å². The summed E-state index contributed by atoms with van der Waals surface area (Å²) >= 11 is 0. The molecule has 3 aromatic carbocycles. The van der Waals surface area contributed by atoms with Gasteiger partial charge in [-0.05, 0) is 50.1 Å². The van der Waals surface area contributed by atoms with Crippen LogP contribution >= 0.6 is 0 Å². The summed E-state index contributed by atoms with van der Waals surface area (Å²) in [5.41, 5.74) is 2.92. The molecular weight excluding hydrogens is 469 g/mol. The van der Waals surface area contributed by atoms with Crippen LogP contribution in [0.5, 0.6) is 0 Å². The number of sulfonamides is 1. The summed E-state index contributed by atoms with van der Waals surface area (Å²) < 4.78 is 43.0. The first-order valence-corrected chi connectivity index (χ1v) is 12.6. The molecule has 0 fully saturated rings. The fourth-order valence-corrected chi connectivity index (χ4v) is 6.54. The Hall–Kier alpha value is -3.72. The van der Waals surface area contributed by atoms with Gasteiger partial charge in [-0.2, -0.15) is 0 Å². The Kier molecular flexibility index (Phi) is 6.62. The normalized spacial score (nSPS) is 15.4. The summed E-state index contributed by atoms with van der Waals surface area (Å²) in [6, 6.07) is 14.8. The van der Waals surface area contributed by atoms with Crippen LogP contribution in [-0.4, -0.2) is 26.3 Å². The maximum absolute atomic E-state index is 14.0. The van der Waals surface area contributed by atoms with Crippen molar-refractivity contribution in [2.75, 3.05) is 9.62 Å². The van der Waals surface area contributed by atoms with Crippen LogP contribution in [0, 0.1) is 26.6 Å². The minimum atomic E-state index is -4.22. The lowest BCUT2D eigenvalue weighted by Gasteiger charge is -2.37. The Bertz CT molecular complexity index is 1400. The number of hydrogen-bond acceptors (Lipinski definition) is 4. The molecule has 2 amide bonds. The highest BCUT2D eigenvalue weighted by atomic mass is 32.2. The maximum Gasteiger partial charge on any atom is 0.265 e. The third kappa shape index (κ3) is 4.77. The van der Waals surface area contributed by atoms with Gasteiger partial charge in [-0.15, -0.1) is 0 Å². The van der Waals surface area contributed by atoms with Crippen molar-refractivity contribution in [2.45, 2.75) is 44.7 Å². The molecule has 0 aliphatic carbocycles.